The summed E-state index contributed by atoms with van der Waals surface area (Å²) >= 11 is 0. The summed E-state index contributed by atoms with van der Waals surface area (Å²) < 4.78 is 28.6. The van der Waals surface area contributed by atoms with Crippen molar-refractivity contribution in [1.82, 2.24) is 0 Å². The lowest BCUT2D eigenvalue weighted by Crippen LogP contribution is -2.32. The largest absolute Gasteiger partial charge is 0.503 e. The summed E-state index contributed by atoms with van der Waals surface area (Å²) in [5.74, 6) is -3.62. The number of anilines is 2. The number of hydrogen-bond acceptors (Lipinski definition) is 4. The average Bonchev–Trinajstić information content (AvgIpc) is 3.01. The first-order valence-electron chi connectivity index (χ1n) is 10.8. The predicted molar refractivity (Wildman–Crippen MR) is 121 cm³/mol. The molecule has 3 rings (SSSR count). The van der Waals surface area contributed by atoms with Crippen LogP contribution >= 0.6 is 0 Å². The number of benzene rings is 2. The van der Waals surface area contributed by atoms with E-state index in [4.69, 9.17) is 0 Å². The molecule has 32 heavy (non-hydrogen) atoms. The van der Waals surface area contributed by atoms with Gasteiger partial charge in [-0.3, -0.25) is 14.5 Å². The molecule has 1 amide bonds. The lowest BCUT2D eigenvalue weighted by atomic mass is 9.92. The fourth-order valence-corrected chi connectivity index (χ4v) is 4.06. The standard InChI is InChI=1S/C25H28F2N2O3/c1-5-28(6-2)18-10-7-16(8-11-18)23-22(21(30)13-15(3)4)24(31)25(32)29(23)20-14-17(26)9-12-19(20)27/h7-12,14-15,23,31H,5-6,13H2,1-4H3. The molecule has 0 aliphatic carbocycles. The minimum Gasteiger partial charge on any atom is -0.503 e. The Morgan fingerprint density at radius 2 is 1.72 bits per heavy atom. The van der Waals surface area contributed by atoms with Crippen molar-refractivity contribution in [2.24, 2.45) is 5.92 Å². The average molecular weight is 443 g/mol. The number of nitrogens with zero attached hydrogens (tertiary/aromatic N) is 2. The molecule has 2 aromatic carbocycles. The molecule has 170 valence electrons. The summed E-state index contributed by atoms with van der Waals surface area (Å²) in [6.07, 6.45) is 0.111. The van der Waals surface area contributed by atoms with Crippen LogP contribution in [-0.4, -0.2) is 29.9 Å². The maximum Gasteiger partial charge on any atom is 0.294 e. The molecule has 0 bridgehead atoms. The van der Waals surface area contributed by atoms with Crippen LogP contribution in [0.25, 0.3) is 0 Å². The highest BCUT2D eigenvalue weighted by atomic mass is 19.1. The van der Waals surface area contributed by atoms with Gasteiger partial charge in [0, 0.05) is 31.3 Å². The fourth-order valence-electron chi connectivity index (χ4n) is 4.06. The smallest absolute Gasteiger partial charge is 0.294 e. The molecule has 0 fully saturated rings. The Kier molecular flexibility index (Phi) is 6.96. The van der Waals surface area contributed by atoms with Gasteiger partial charge in [0.2, 0.25) is 0 Å². The fraction of sp³-hybridized carbons (Fsp3) is 0.360. The normalized spacial score (nSPS) is 16.3. The Hall–Kier alpha value is -3.22. The van der Waals surface area contributed by atoms with Gasteiger partial charge in [-0.1, -0.05) is 26.0 Å². The highest BCUT2D eigenvalue weighted by Gasteiger charge is 2.45. The number of carbonyl (C=O) groups is 2. The summed E-state index contributed by atoms with van der Waals surface area (Å²) in [7, 11) is 0. The predicted octanol–water partition coefficient (Wildman–Crippen LogP) is 5.33. The monoisotopic (exact) mass is 442 g/mol. The molecule has 1 atom stereocenters. The van der Waals surface area contributed by atoms with Gasteiger partial charge in [-0.2, -0.15) is 0 Å². The number of ketones is 1. The lowest BCUT2D eigenvalue weighted by molar-refractivity contribution is -0.118. The van der Waals surface area contributed by atoms with Crippen molar-refractivity contribution in [2.45, 2.75) is 40.2 Å². The zero-order chi connectivity index (χ0) is 23.6. The molecule has 5 nitrogen and oxygen atoms in total. The van der Waals surface area contributed by atoms with Crippen molar-refractivity contribution >= 4 is 23.1 Å². The van der Waals surface area contributed by atoms with Gasteiger partial charge in [-0.05, 0) is 49.6 Å². The molecule has 1 aliphatic rings. The topological polar surface area (TPSA) is 60.9 Å². The van der Waals surface area contributed by atoms with Gasteiger partial charge in [-0.25, -0.2) is 8.78 Å². The number of hydrogen-bond donors (Lipinski definition) is 1. The number of Topliss-reactive ketones (excluding diaryl/α,β-unsaturated/α-hetero) is 1. The molecule has 7 heteroatoms. The minimum atomic E-state index is -1.06. The van der Waals surface area contributed by atoms with Crippen molar-refractivity contribution in [2.75, 3.05) is 22.9 Å². The summed E-state index contributed by atoms with van der Waals surface area (Å²) in [4.78, 5) is 29.1. The van der Waals surface area contributed by atoms with Crippen LogP contribution in [0.15, 0.2) is 53.8 Å². The van der Waals surface area contributed by atoms with Crippen LogP contribution in [0, 0.1) is 17.6 Å². The molecule has 1 N–H and O–H groups in total. The first-order valence-corrected chi connectivity index (χ1v) is 10.8. The van der Waals surface area contributed by atoms with E-state index in [1.54, 1.807) is 12.1 Å². The second-order valence-corrected chi connectivity index (χ2v) is 8.22. The zero-order valence-corrected chi connectivity index (χ0v) is 18.7. The third-order valence-electron chi connectivity index (χ3n) is 5.61. The van der Waals surface area contributed by atoms with Crippen molar-refractivity contribution in [3.05, 3.63) is 71.0 Å². The molecule has 1 aliphatic heterocycles. The summed E-state index contributed by atoms with van der Waals surface area (Å²) in [5, 5.41) is 10.6. The first kappa shape index (κ1) is 23.4. The quantitative estimate of drug-likeness (QED) is 0.601. The molecule has 0 aromatic heterocycles. The van der Waals surface area contributed by atoms with Crippen molar-refractivity contribution < 1.29 is 23.5 Å². The summed E-state index contributed by atoms with van der Waals surface area (Å²) in [5.41, 5.74) is 1.05. The molecule has 0 saturated heterocycles. The maximum atomic E-state index is 14.7. The van der Waals surface area contributed by atoms with E-state index >= 15 is 0 Å². The first-order chi connectivity index (χ1) is 15.2. The van der Waals surface area contributed by atoms with E-state index in [2.05, 4.69) is 4.90 Å². The zero-order valence-electron chi connectivity index (χ0n) is 18.7. The number of amides is 1. The molecule has 2 aromatic rings. The van der Waals surface area contributed by atoms with Crippen LogP contribution < -0.4 is 9.80 Å². The van der Waals surface area contributed by atoms with E-state index in [0.29, 0.717) is 5.56 Å². The molecular weight excluding hydrogens is 414 g/mol. The van der Waals surface area contributed by atoms with Crippen LogP contribution in [0.2, 0.25) is 0 Å². The van der Waals surface area contributed by atoms with Crippen molar-refractivity contribution in [3.63, 3.8) is 0 Å². The number of aliphatic hydroxyl groups excluding tert-OH is 1. The minimum absolute atomic E-state index is 0.0106. The number of halogens is 2. The van der Waals surface area contributed by atoms with E-state index in [0.717, 1.165) is 41.9 Å². The molecule has 0 radical (unpaired) electrons. The summed E-state index contributed by atoms with van der Waals surface area (Å²) in [6, 6.07) is 8.91. The second kappa shape index (κ2) is 9.51. The van der Waals surface area contributed by atoms with Crippen LogP contribution in [0.5, 0.6) is 0 Å². The number of carbonyl (C=O) groups excluding carboxylic acids is 2. The van der Waals surface area contributed by atoms with Crippen LogP contribution in [0.3, 0.4) is 0 Å². The Labute approximate surface area is 187 Å². The SMILES string of the molecule is CCN(CC)c1ccc(C2C(C(=O)CC(C)C)=C(O)C(=O)N2c2cc(F)ccc2F)cc1. The van der Waals surface area contributed by atoms with Crippen LogP contribution in [-0.2, 0) is 9.59 Å². The Balaban J connectivity index is 2.15. The number of rotatable bonds is 8. The van der Waals surface area contributed by atoms with E-state index < -0.39 is 35.1 Å². The Bertz CT molecular complexity index is 1040. The van der Waals surface area contributed by atoms with Gasteiger partial charge in [0.25, 0.3) is 5.91 Å². The van der Waals surface area contributed by atoms with E-state index in [1.807, 2.05) is 39.8 Å². The highest BCUT2D eigenvalue weighted by molar-refractivity contribution is 6.16. The van der Waals surface area contributed by atoms with Crippen molar-refractivity contribution in [1.29, 1.82) is 0 Å². The van der Waals surface area contributed by atoms with E-state index in [-0.39, 0.29) is 23.6 Å². The molecule has 1 heterocycles. The van der Waals surface area contributed by atoms with Gasteiger partial charge < -0.3 is 10.0 Å². The molecular formula is C25H28F2N2O3. The third-order valence-corrected chi connectivity index (χ3v) is 5.61. The van der Waals surface area contributed by atoms with Gasteiger partial charge >= 0.3 is 0 Å². The highest BCUT2D eigenvalue weighted by Crippen LogP contribution is 2.43. The van der Waals surface area contributed by atoms with E-state index in [1.165, 1.54) is 0 Å². The third kappa shape index (κ3) is 4.38. The lowest BCUT2D eigenvalue weighted by Gasteiger charge is -2.28. The Morgan fingerprint density at radius 1 is 1.09 bits per heavy atom. The van der Waals surface area contributed by atoms with Crippen LogP contribution in [0.4, 0.5) is 20.2 Å². The van der Waals surface area contributed by atoms with Crippen molar-refractivity contribution in [3.8, 4) is 0 Å². The Morgan fingerprint density at radius 3 is 2.28 bits per heavy atom. The maximum absolute atomic E-state index is 14.7. The van der Waals surface area contributed by atoms with Gasteiger partial charge in [0.15, 0.2) is 11.5 Å². The second-order valence-electron chi connectivity index (χ2n) is 8.22. The van der Waals surface area contributed by atoms with E-state index in [9.17, 15) is 23.5 Å². The molecule has 1 unspecified atom stereocenters. The molecule has 0 saturated carbocycles. The van der Waals surface area contributed by atoms with Gasteiger partial charge in [0.05, 0.1) is 17.3 Å². The van der Waals surface area contributed by atoms with Gasteiger partial charge in [-0.15, -0.1) is 0 Å². The van der Waals surface area contributed by atoms with Gasteiger partial charge in [0.1, 0.15) is 11.6 Å². The molecule has 0 spiro atoms. The summed E-state index contributed by atoms with van der Waals surface area (Å²) in [6.45, 7) is 9.37. The van der Waals surface area contributed by atoms with Crippen LogP contribution in [0.1, 0.15) is 45.7 Å². The number of aliphatic hydroxyl groups is 1.